The first-order valence-corrected chi connectivity index (χ1v) is 10.0. The standard InChI is InChI=1S/C23H29NO4/c1-6-17(24-28-7-2)21-18(26)11-23(12-19(21)27)9-8-16-20(15(5)25)13(3)10-14(4)22(16)23/h10,26H,6-9,11-12H2,1-5H3. The highest BCUT2D eigenvalue weighted by Gasteiger charge is 2.47. The molecule has 150 valence electrons. The minimum absolute atomic E-state index is 0.0607. The molecule has 5 heteroatoms. The van der Waals surface area contributed by atoms with Gasteiger partial charge in [-0.05, 0) is 69.2 Å². The maximum absolute atomic E-state index is 13.1. The van der Waals surface area contributed by atoms with Crippen LogP contribution in [0, 0.1) is 13.8 Å². The van der Waals surface area contributed by atoms with E-state index in [9.17, 15) is 14.7 Å². The molecule has 0 aliphatic heterocycles. The average Bonchev–Trinajstić information content (AvgIpc) is 2.95. The lowest BCUT2D eigenvalue weighted by Crippen LogP contribution is -2.35. The number of aliphatic hydroxyl groups excluding tert-OH is 1. The Bertz CT molecular complexity index is 910. The first-order chi connectivity index (χ1) is 13.3. The number of ketones is 2. The summed E-state index contributed by atoms with van der Waals surface area (Å²) in [6.07, 6.45) is 2.76. The van der Waals surface area contributed by atoms with E-state index >= 15 is 0 Å². The lowest BCUT2D eigenvalue weighted by Gasteiger charge is -2.35. The van der Waals surface area contributed by atoms with E-state index in [-0.39, 0.29) is 17.3 Å². The highest BCUT2D eigenvalue weighted by molar-refractivity contribution is 6.23. The molecule has 2 aliphatic rings. The van der Waals surface area contributed by atoms with E-state index in [0.717, 1.165) is 40.7 Å². The van der Waals surface area contributed by atoms with E-state index in [2.05, 4.69) is 5.16 Å². The molecular formula is C23H29NO4. The molecule has 1 aromatic carbocycles. The molecule has 0 saturated carbocycles. The normalized spacial score (nSPS) is 22.0. The number of aryl methyl sites for hydroxylation is 2. The molecule has 0 saturated heterocycles. The Hall–Kier alpha value is -2.43. The number of carbonyl (C=O) groups is 2. The average molecular weight is 383 g/mol. The largest absolute Gasteiger partial charge is 0.511 e. The maximum atomic E-state index is 13.1. The number of carbonyl (C=O) groups excluding carboxylic acids is 2. The molecular weight excluding hydrogens is 354 g/mol. The van der Waals surface area contributed by atoms with Crippen molar-refractivity contribution >= 4 is 17.3 Å². The summed E-state index contributed by atoms with van der Waals surface area (Å²) in [5.41, 5.74) is 5.39. The summed E-state index contributed by atoms with van der Waals surface area (Å²) in [7, 11) is 0. The Morgan fingerprint density at radius 1 is 1.25 bits per heavy atom. The van der Waals surface area contributed by atoms with Gasteiger partial charge in [0, 0.05) is 23.8 Å². The fourth-order valence-electron chi connectivity index (χ4n) is 5.18. The van der Waals surface area contributed by atoms with Crippen molar-refractivity contribution in [2.24, 2.45) is 5.16 Å². The van der Waals surface area contributed by atoms with E-state index in [0.29, 0.717) is 37.2 Å². The molecule has 0 aromatic heterocycles. The van der Waals surface area contributed by atoms with Crippen LogP contribution in [0.4, 0.5) is 0 Å². The molecule has 1 spiro atoms. The minimum atomic E-state index is -0.438. The summed E-state index contributed by atoms with van der Waals surface area (Å²) in [5, 5.41) is 14.9. The predicted molar refractivity (Wildman–Crippen MR) is 109 cm³/mol. The van der Waals surface area contributed by atoms with Crippen molar-refractivity contribution in [3.05, 3.63) is 45.2 Å². The van der Waals surface area contributed by atoms with Crippen LogP contribution in [0.5, 0.6) is 0 Å². The van der Waals surface area contributed by atoms with Crippen LogP contribution in [-0.4, -0.2) is 29.0 Å². The van der Waals surface area contributed by atoms with Crippen molar-refractivity contribution in [1.82, 2.24) is 0 Å². The number of oxime groups is 1. The van der Waals surface area contributed by atoms with Crippen molar-refractivity contribution in [2.75, 3.05) is 6.61 Å². The smallest absolute Gasteiger partial charge is 0.169 e. The molecule has 28 heavy (non-hydrogen) atoms. The number of rotatable bonds is 5. The van der Waals surface area contributed by atoms with Gasteiger partial charge in [-0.15, -0.1) is 0 Å². The Labute approximate surface area is 166 Å². The first kappa shape index (κ1) is 20.3. The molecule has 5 nitrogen and oxygen atoms in total. The summed E-state index contributed by atoms with van der Waals surface area (Å²) in [6.45, 7) is 9.74. The minimum Gasteiger partial charge on any atom is -0.511 e. The van der Waals surface area contributed by atoms with Crippen LogP contribution >= 0.6 is 0 Å². The monoisotopic (exact) mass is 383 g/mol. The number of benzene rings is 1. The van der Waals surface area contributed by atoms with Crippen molar-refractivity contribution < 1.29 is 19.5 Å². The number of Topliss-reactive ketones (excluding diaryl/α,β-unsaturated/α-hetero) is 2. The highest BCUT2D eigenvalue weighted by Crippen LogP contribution is 2.51. The van der Waals surface area contributed by atoms with Gasteiger partial charge in [0.25, 0.3) is 0 Å². The van der Waals surface area contributed by atoms with Crippen LogP contribution in [0.2, 0.25) is 0 Å². The second-order valence-corrected chi connectivity index (χ2v) is 7.98. The molecule has 0 bridgehead atoms. The number of hydrogen-bond acceptors (Lipinski definition) is 5. The lowest BCUT2D eigenvalue weighted by atomic mass is 9.67. The Kier molecular flexibility index (Phi) is 5.46. The number of aliphatic hydroxyl groups is 1. The zero-order valence-electron chi connectivity index (χ0n) is 17.4. The van der Waals surface area contributed by atoms with Crippen LogP contribution in [0.25, 0.3) is 0 Å². The van der Waals surface area contributed by atoms with E-state index in [4.69, 9.17) is 4.84 Å². The molecule has 3 rings (SSSR count). The third-order valence-corrected chi connectivity index (χ3v) is 6.06. The Morgan fingerprint density at radius 3 is 2.54 bits per heavy atom. The maximum Gasteiger partial charge on any atom is 0.169 e. The van der Waals surface area contributed by atoms with E-state index in [1.807, 2.05) is 33.8 Å². The molecule has 1 unspecified atom stereocenters. The summed E-state index contributed by atoms with van der Waals surface area (Å²) in [5.74, 6) is 0.0560. The number of nitrogens with zero attached hydrogens (tertiary/aromatic N) is 1. The van der Waals surface area contributed by atoms with Gasteiger partial charge in [-0.1, -0.05) is 18.1 Å². The molecule has 2 aliphatic carbocycles. The van der Waals surface area contributed by atoms with Gasteiger partial charge in [-0.3, -0.25) is 9.59 Å². The van der Waals surface area contributed by atoms with Crippen molar-refractivity contribution in [3.63, 3.8) is 0 Å². The highest BCUT2D eigenvalue weighted by atomic mass is 16.6. The van der Waals surface area contributed by atoms with Gasteiger partial charge in [0.2, 0.25) is 0 Å². The molecule has 0 heterocycles. The van der Waals surface area contributed by atoms with Gasteiger partial charge < -0.3 is 9.94 Å². The number of hydrogen-bond donors (Lipinski definition) is 1. The Morgan fingerprint density at radius 2 is 1.96 bits per heavy atom. The van der Waals surface area contributed by atoms with E-state index in [1.165, 1.54) is 0 Å². The summed E-state index contributed by atoms with van der Waals surface area (Å²) < 4.78 is 0. The van der Waals surface area contributed by atoms with Gasteiger partial charge in [-0.25, -0.2) is 0 Å². The SMILES string of the molecule is CCON=C(CC)C1=C(O)CC2(CCc3c(C(C)=O)c(C)cc(C)c32)CC1=O. The quantitative estimate of drug-likeness (QED) is 0.455. The number of allylic oxidation sites excluding steroid dienone is 2. The Balaban J connectivity index is 2.11. The summed E-state index contributed by atoms with van der Waals surface area (Å²) >= 11 is 0. The second kappa shape index (κ2) is 7.53. The summed E-state index contributed by atoms with van der Waals surface area (Å²) in [4.78, 5) is 30.5. The molecule has 1 N–H and O–H groups in total. The van der Waals surface area contributed by atoms with Crippen LogP contribution in [-0.2, 0) is 21.5 Å². The van der Waals surface area contributed by atoms with Gasteiger partial charge >= 0.3 is 0 Å². The molecule has 0 radical (unpaired) electrons. The lowest BCUT2D eigenvalue weighted by molar-refractivity contribution is -0.117. The first-order valence-electron chi connectivity index (χ1n) is 10.0. The van der Waals surface area contributed by atoms with Gasteiger partial charge in [0.1, 0.15) is 12.4 Å². The fourth-order valence-corrected chi connectivity index (χ4v) is 5.18. The van der Waals surface area contributed by atoms with E-state index in [1.54, 1.807) is 6.92 Å². The molecule has 1 atom stereocenters. The zero-order valence-corrected chi connectivity index (χ0v) is 17.4. The third-order valence-electron chi connectivity index (χ3n) is 6.06. The van der Waals surface area contributed by atoms with Crippen molar-refractivity contribution in [3.8, 4) is 0 Å². The van der Waals surface area contributed by atoms with Gasteiger partial charge in [0.15, 0.2) is 11.6 Å². The molecule has 0 amide bonds. The van der Waals surface area contributed by atoms with Gasteiger partial charge in [0.05, 0.1) is 11.3 Å². The van der Waals surface area contributed by atoms with Crippen LogP contribution < -0.4 is 0 Å². The third kappa shape index (κ3) is 3.17. The number of fused-ring (bicyclic) bond motifs is 2. The molecule has 0 fully saturated rings. The van der Waals surface area contributed by atoms with E-state index < -0.39 is 5.41 Å². The predicted octanol–water partition coefficient (Wildman–Crippen LogP) is 4.67. The second-order valence-electron chi connectivity index (χ2n) is 7.98. The van der Waals surface area contributed by atoms with Crippen LogP contribution in [0.15, 0.2) is 22.6 Å². The summed E-state index contributed by atoms with van der Waals surface area (Å²) in [6, 6.07) is 2.04. The van der Waals surface area contributed by atoms with Crippen molar-refractivity contribution in [2.45, 2.75) is 72.1 Å². The topological polar surface area (TPSA) is 76.0 Å². The zero-order chi connectivity index (χ0) is 20.6. The van der Waals surface area contributed by atoms with Crippen LogP contribution in [0.3, 0.4) is 0 Å². The fraction of sp³-hybridized carbons (Fsp3) is 0.522. The van der Waals surface area contributed by atoms with Crippen molar-refractivity contribution in [1.29, 1.82) is 0 Å². The molecule has 1 aromatic rings. The van der Waals surface area contributed by atoms with Gasteiger partial charge in [-0.2, -0.15) is 0 Å². The van der Waals surface area contributed by atoms with Crippen LogP contribution in [0.1, 0.15) is 79.1 Å².